The van der Waals surface area contributed by atoms with Crippen LogP contribution in [-0.4, -0.2) is 5.78 Å². The Bertz CT molecular complexity index is 239. The van der Waals surface area contributed by atoms with E-state index >= 15 is 0 Å². The van der Waals surface area contributed by atoms with Crippen LogP contribution in [0.15, 0.2) is 0 Å². The monoisotopic (exact) mass is 178 g/mol. The van der Waals surface area contributed by atoms with Gasteiger partial charge in [-0.2, -0.15) is 0 Å². The van der Waals surface area contributed by atoms with Crippen LogP contribution < -0.4 is 0 Å². The van der Waals surface area contributed by atoms with E-state index in [0.29, 0.717) is 18.1 Å². The fourth-order valence-corrected chi connectivity index (χ4v) is 2.22. The van der Waals surface area contributed by atoms with Crippen molar-refractivity contribution in [2.45, 2.75) is 40.0 Å². The van der Waals surface area contributed by atoms with Crippen LogP contribution in [0.4, 0.5) is 0 Å². The summed E-state index contributed by atoms with van der Waals surface area (Å²) in [6.45, 7) is 6.62. The number of ketones is 1. The third-order valence-electron chi connectivity index (χ3n) is 2.99. The maximum Gasteiger partial charge on any atom is 0.134 e. The first kappa shape index (κ1) is 10.3. The van der Waals surface area contributed by atoms with Gasteiger partial charge in [-0.25, -0.2) is 0 Å². The zero-order valence-corrected chi connectivity index (χ0v) is 8.76. The molecule has 0 spiro atoms. The van der Waals surface area contributed by atoms with E-state index in [1.165, 1.54) is 0 Å². The largest absolute Gasteiger partial charge is 0.300 e. The van der Waals surface area contributed by atoms with Gasteiger partial charge in [0, 0.05) is 18.8 Å². The molecule has 0 heterocycles. The molecule has 0 aromatic heterocycles. The Morgan fingerprint density at radius 1 is 1.46 bits per heavy atom. The molecule has 0 N–H and O–H groups in total. The number of hydrogen-bond donors (Lipinski definition) is 0. The predicted molar refractivity (Wildman–Crippen MR) is 54.1 cm³/mol. The average molecular weight is 178 g/mol. The third-order valence-corrected chi connectivity index (χ3v) is 2.99. The van der Waals surface area contributed by atoms with Crippen molar-refractivity contribution in [3.8, 4) is 12.3 Å². The van der Waals surface area contributed by atoms with E-state index in [-0.39, 0.29) is 11.3 Å². The molecule has 0 bridgehead atoms. The molecule has 13 heavy (non-hydrogen) atoms. The van der Waals surface area contributed by atoms with E-state index in [1.54, 1.807) is 0 Å². The van der Waals surface area contributed by atoms with Crippen molar-refractivity contribution in [2.75, 3.05) is 0 Å². The van der Waals surface area contributed by atoms with Gasteiger partial charge in [-0.3, -0.25) is 4.79 Å². The zero-order valence-electron chi connectivity index (χ0n) is 8.76. The van der Waals surface area contributed by atoms with Crippen molar-refractivity contribution >= 4 is 5.78 Å². The quantitative estimate of drug-likeness (QED) is 0.521. The number of rotatable bonds is 0. The van der Waals surface area contributed by atoms with Crippen LogP contribution in [0.25, 0.3) is 0 Å². The lowest BCUT2D eigenvalue weighted by Crippen LogP contribution is -2.33. The molecular formula is C12H18O. The standard InChI is InChI=1S/C12H18O/c1-5-9-8-10(13)6-7-11(9)12(2,3)4/h1,9,11H,6-8H2,2-4H3. The van der Waals surface area contributed by atoms with Crippen LogP contribution in [-0.2, 0) is 4.79 Å². The Balaban J connectivity index is 2.76. The Labute approximate surface area is 80.9 Å². The summed E-state index contributed by atoms with van der Waals surface area (Å²) in [6.07, 6.45) is 7.74. The van der Waals surface area contributed by atoms with Gasteiger partial charge in [0.25, 0.3) is 0 Å². The Morgan fingerprint density at radius 2 is 2.08 bits per heavy atom. The summed E-state index contributed by atoms with van der Waals surface area (Å²) in [5.74, 6) is 3.78. The van der Waals surface area contributed by atoms with E-state index < -0.39 is 0 Å². The lowest BCUT2D eigenvalue weighted by molar-refractivity contribution is -0.122. The molecule has 0 aromatic carbocycles. The summed E-state index contributed by atoms with van der Waals surface area (Å²) in [5, 5.41) is 0. The Hall–Kier alpha value is -0.770. The molecule has 1 fully saturated rings. The average Bonchev–Trinajstić information content (AvgIpc) is 2.01. The number of carbonyl (C=O) groups is 1. The maximum absolute atomic E-state index is 11.2. The van der Waals surface area contributed by atoms with Gasteiger partial charge >= 0.3 is 0 Å². The van der Waals surface area contributed by atoms with E-state index in [2.05, 4.69) is 26.7 Å². The van der Waals surface area contributed by atoms with Gasteiger partial charge in [0.1, 0.15) is 5.78 Å². The SMILES string of the molecule is C#CC1CC(=O)CCC1C(C)(C)C. The molecule has 1 aliphatic carbocycles. The number of terminal acetylenes is 1. The van der Waals surface area contributed by atoms with Crippen LogP contribution in [0.5, 0.6) is 0 Å². The molecule has 1 nitrogen and oxygen atoms in total. The maximum atomic E-state index is 11.2. The molecule has 1 heteroatoms. The molecule has 0 aromatic rings. The molecule has 1 aliphatic rings. The Morgan fingerprint density at radius 3 is 2.54 bits per heavy atom. The van der Waals surface area contributed by atoms with Gasteiger partial charge < -0.3 is 0 Å². The van der Waals surface area contributed by atoms with Gasteiger partial charge in [-0.1, -0.05) is 20.8 Å². The van der Waals surface area contributed by atoms with Crippen molar-refractivity contribution in [3.05, 3.63) is 0 Å². The summed E-state index contributed by atoms with van der Waals surface area (Å²) in [6, 6.07) is 0. The minimum atomic E-state index is 0.168. The minimum absolute atomic E-state index is 0.168. The van der Waals surface area contributed by atoms with E-state index in [4.69, 9.17) is 6.42 Å². The summed E-state index contributed by atoms with van der Waals surface area (Å²) >= 11 is 0. The molecule has 0 aliphatic heterocycles. The minimum Gasteiger partial charge on any atom is -0.300 e. The zero-order chi connectivity index (χ0) is 10.1. The molecule has 0 amide bonds. The van der Waals surface area contributed by atoms with Crippen molar-refractivity contribution < 1.29 is 4.79 Å². The second-order valence-corrected chi connectivity index (χ2v) is 5.03. The molecule has 0 saturated heterocycles. The normalized spacial score (nSPS) is 29.8. The van der Waals surface area contributed by atoms with Crippen LogP contribution >= 0.6 is 0 Å². The van der Waals surface area contributed by atoms with E-state index in [9.17, 15) is 4.79 Å². The highest BCUT2D eigenvalue weighted by atomic mass is 16.1. The second-order valence-electron chi connectivity index (χ2n) is 5.03. The highest BCUT2D eigenvalue weighted by molar-refractivity contribution is 5.79. The smallest absolute Gasteiger partial charge is 0.134 e. The molecule has 1 rings (SSSR count). The molecule has 2 unspecified atom stereocenters. The van der Waals surface area contributed by atoms with Crippen molar-refractivity contribution in [2.24, 2.45) is 17.3 Å². The molecule has 0 radical (unpaired) electrons. The van der Waals surface area contributed by atoms with Crippen molar-refractivity contribution in [1.29, 1.82) is 0 Å². The number of carbonyl (C=O) groups excluding carboxylic acids is 1. The molecule has 2 atom stereocenters. The van der Waals surface area contributed by atoms with Crippen LogP contribution in [0.1, 0.15) is 40.0 Å². The topological polar surface area (TPSA) is 17.1 Å². The molecular weight excluding hydrogens is 160 g/mol. The van der Waals surface area contributed by atoms with Gasteiger partial charge in [0.2, 0.25) is 0 Å². The van der Waals surface area contributed by atoms with Crippen LogP contribution in [0, 0.1) is 29.6 Å². The first-order valence-electron chi connectivity index (χ1n) is 4.93. The molecule has 1 saturated carbocycles. The Kier molecular flexibility index (Phi) is 2.81. The third kappa shape index (κ3) is 2.34. The van der Waals surface area contributed by atoms with Crippen molar-refractivity contribution in [3.63, 3.8) is 0 Å². The lowest BCUT2D eigenvalue weighted by atomic mass is 9.66. The summed E-state index contributed by atoms with van der Waals surface area (Å²) in [5.41, 5.74) is 0.234. The highest BCUT2D eigenvalue weighted by Crippen LogP contribution is 2.40. The predicted octanol–water partition coefficient (Wildman–Crippen LogP) is 2.65. The van der Waals surface area contributed by atoms with Crippen LogP contribution in [0.3, 0.4) is 0 Å². The molecule has 72 valence electrons. The van der Waals surface area contributed by atoms with Gasteiger partial charge in [0.05, 0.1) is 0 Å². The van der Waals surface area contributed by atoms with E-state index in [1.807, 2.05) is 0 Å². The number of Topliss-reactive ketones (excluding diaryl/α,β-unsaturated/α-hetero) is 1. The van der Waals surface area contributed by atoms with Gasteiger partial charge in [-0.05, 0) is 17.8 Å². The first-order valence-corrected chi connectivity index (χ1v) is 4.93. The summed E-state index contributed by atoms with van der Waals surface area (Å²) in [4.78, 5) is 11.2. The first-order chi connectivity index (χ1) is 5.95. The van der Waals surface area contributed by atoms with Crippen LogP contribution in [0.2, 0.25) is 0 Å². The fourth-order valence-electron chi connectivity index (χ4n) is 2.22. The van der Waals surface area contributed by atoms with Gasteiger partial charge in [-0.15, -0.1) is 12.3 Å². The summed E-state index contributed by atoms with van der Waals surface area (Å²) < 4.78 is 0. The lowest BCUT2D eigenvalue weighted by Gasteiger charge is -2.37. The highest BCUT2D eigenvalue weighted by Gasteiger charge is 2.35. The fraction of sp³-hybridized carbons (Fsp3) is 0.750. The van der Waals surface area contributed by atoms with Crippen molar-refractivity contribution in [1.82, 2.24) is 0 Å². The number of hydrogen-bond acceptors (Lipinski definition) is 1. The van der Waals surface area contributed by atoms with Gasteiger partial charge in [0.15, 0.2) is 0 Å². The second kappa shape index (κ2) is 3.54. The summed E-state index contributed by atoms with van der Waals surface area (Å²) in [7, 11) is 0. The van der Waals surface area contributed by atoms with E-state index in [0.717, 1.165) is 12.8 Å².